The van der Waals surface area contributed by atoms with Gasteiger partial charge in [0.05, 0.1) is 6.20 Å². The van der Waals surface area contributed by atoms with Crippen LogP contribution in [0.3, 0.4) is 0 Å². The molecule has 0 saturated carbocycles. The lowest BCUT2D eigenvalue weighted by Gasteiger charge is -2.03. The van der Waals surface area contributed by atoms with Crippen LogP contribution in [0, 0.1) is 0 Å². The van der Waals surface area contributed by atoms with Gasteiger partial charge in [0.15, 0.2) is 11.7 Å². The first-order chi connectivity index (χ1) is 8.85. The summed E-state index contributed by atoms with van der Waals surface area (Å²) in [6.07, 6.45) is 4.72. The zero-order chi connectivity index (χ0) is 12.8. The van der Waals surface area contributed by atoms with Crippen molar-refractivity contribution in [3.63, 3.8) is 0 Å². The average molecular weight is 262 g/mol. The molecule has 0 fully saturated rings. The van der Waals surface area contributed by atoms with Crippen LogP contribution in [0.5, 0.6) is 0 Å². The highest BCUT2D eigenvalue weighted by molar-refractivity contribution is 7.98. The molecule has 1 aromatic heterocycles. The molecule has 0 spiro atoms. The smallest absolute Gasteiger partial charge is 0.196 e. The van der Waals surface area contributed by atoms with E-state index in [2.05, 4.69) is 35.6 Å². The van der Waals surface area contributed by atoms with Gasteiger partial charge in [0, 0.05) is 23.4 Å². The largest absolute Gasteiger partial charge is 0.441 e. The number of thioether (sulfide) groups is 1. The van der Waals surface area contributed by atoms with Crippen LogP contribution < -0.4 is 5.32 Å². The molecule has 0 aliphatic heterocycles. The molecular formula is C14H18N2OS. The Balaban J connectivity index is 2.13. The lowest BCUT2D eigenvalue weighted by Crippen LogP contribution is -2.16. The van der Waals surface area contributed by atoms with Gasteiger partial charge in [0.1, 0.15) is 0 Å². The van der Waals surface area contributed by atoms with Crippen molar-refractivity contribution in [3.05, 3.63) is 36.4 Å². The molecule has 0 amide bonds. The number of rotatable bonds is 6. The number of oxazole rings is 1. The van der Waals surface area contributed by atoms with Crippen LogP contribution in [0.25, 0.3) is 11.3 Å². The molecule has 18 heavy (non-hydrogen) atoms. The number of benzene rings is 1. The molecule has 0 unspecified atom stereocenters. The van der Waals surface area contributed by atoms with Gasteiger partial charge in [-0.05, 0) is 18.9 Å². The molecule has 4 heteroatoms. The van der Waals surface area contributed by atoms with Crippen molar-refractivity contribution in [1.82, 2.24) is 10.3 Å². The third kappa shape index (κ3) is 3.15. The lowest BCUT2D eigenvalue weighted by atomic mass is 10.2. The van der Waals surface area contributed by atoms with E-state index in [-0.39, 0.29) is 0 Å². The van der Waals surface area contributed by atoms with E-state index in [0.29, 0.717) is 0 Å². The van der Waals surface area contributed by atoms with Crippen LogP contribution in [0.15, 0.2) is 39.8 Å². The van der Waals surface area contributed by atoms with E-state index in [1.807, 2.05) is 18.3 Å². The first-order valence-corrected chi connectivity index (χ1v) is 7.36. The maximum Gasteiger partial charge on any atom is 0.196 e. The van der Waals surface area contributed by atoms with E-state index in [9.17, 15) is 0 Å². The van der Waals surface area contributed by atoms with Gasteiger partial charge in [-0.2, -0.15) is 0 Å². The molecule has 3 nitrogen and oxygen atoms in total. The summed E-state index contributed by atoms with van der Waals surface area (Å²) in [5, 5.41) is 3.26. The minimum absolute atomic E-state index is 0.793. The standard InChI is InChI=1S/C14H18N2OS/c1-3-15-9-8-14-16-10-12(17-14)11-6-4-5-7-13(11)18-2/h4-7,10,15H,3,8-9H2,1-2H3. The van der Waals surface area contributed by atoms with E-state index >= 15 is 0 Å². The fourth-order valence-electron chi connectivity index (χ4n) is 1.77. The Kier molecular flexibility index (Phi) is 4.84. The van der Waals surface area contributed by atoms with Gasteiger partial charge in [-0.15, -0.1) is 11.8 Å². The van der Waals surface area contributed by atoms with Gasteiger partial charge in [-0.25, -0.2) is 4.98 Å². The Bertz CT molecular complexity index is 496. The van der Waals surface area contributed by atoms with Gasteiger partial charge in [-0.1, -0.05) is 25.1 Å². The number of aromatic nitrogens is 1. The fraction of sp³-hybridized carbons (Fsp3) is 0.357. The molecule has 1 heterocycles. The second-order valence-corrected chi connectivity index (χ2v) is 4.77. The average Bonchev–Trinajstić information content (AvgIpc) is 2.88. The predicted molar refractivity (Wildman–Crippen MR) is 76.0 cm³/mol. The normalized spacial score (nSPS) is 10.8. The zero-order valence-corrected chi connectivity index (χ0v) is 11.6. The fourth-order valence-corrected chi connectivity index (χ4v) is 2.37. The lowest BCUT2D eigenvalue weighted by molar-refractivity contribution is 0.496. The van der Waals surface area contributed by atoms with Gasteiger partial charge < -0.3 is 9.73 Å². The predicted octanol–water partition coefficient (Wildman–Crippen LogP) is 3.22. The Morgan fingerprint density at radius 2 is 2.17 bits per heavy atom. The molecule has 0 bridgehead atoms. The summed E-state index contributed by atoms with van der Waals surface area (Å²) >= 11 is 1.72. The maximum absolute atomic E-state index is 5.79. The summed E-state index contributed by atoms with van der Waals surface area (Å²) in [4.78, 5) is 5.54. The molecule has 0 aliphatic rings. The van der Waals surface area contributed by atoms with Crippen molar-refractivity contribution in [2.75, 3.05) is 19.3 Å². The number of likely N-dealkylation sites (N-methyl/N-ethyl adjacent to an activating group) is 1. The Labute approximate surface area is 112 Å². The van der Waals surface area contributed by atoms with Crippen molar-refractivity contribution in [1.29, 1.82) is 0 Å². The van der Waals surface area contributed by atoms with Crippen LogP contribution in [-0.2, 0) is 6.42 Å². The highest BCUT2D eigenvalue weighted by atomic mass is 32.2. The topological polar surface area (TPSA) is 38.1 Å². The summed E-state index contributed by atoms with van der Waals surface area (Å²) in [5.74, 6) is 1.65. The van der Waals surface area contributed by atoms with Crippen molar-refractivity contribution in [2.45, 2.75) is 18.2 Å². The first kappa shape index (κ1) is 13.2. The van der Waals surface area contributed by atoms with Crippen molar-refractivity contribution >= 4 is 11.8 Å². The van der Waals surface area contributed by atoms with Crippen LogP contribution in [0.1, 0.15) is 12.8 Å². The van der Waals surface area contributed by atoms with Gasteiger partial charge >= 0.3 is 0 Å². The second-order valence-electron chi connectivity index (χ2n) is 3.92. The van der Waals surface area contributed by atoms with E-state index in [4.69, 9.17) is 4.42 Å². The maximum atomic E-state index is 5.79. The zero-order valence-electron chi connectivity index (χ0n) is 10.8. The van der Waals surface area contributed by atoms with E-state index < -0.39 is 0 Å². The molecule has 0 atom stereocenters. The van der Waals surface area contributed by atoms with E-state index in [0.717, 1.165) is 36.7 Å². The summed E-state index contributed by atoms with van der Waals surface area (Å²) in [7, 11) is 0. The minimum atomic E-state index is 0.793. The molecule has 0 aliphatic carbocycles. The summed E-state index contributed by atoms with van der Waals surface area (Å²) < 4.78 is 5.79. The van der Waals surface area contributed by atoms with E-state index in [1.165, 1.54) is 4.90 Å². The van der Waals surface area contributed by atoms with E-state index in [1.54, 1.807) is 11.8 Å². The molecule has 2 aromatic rings. The SMILES string of the molecule is CCNCCc1ncc(-c2ccccc2SC)o1. The van der Waals surface area contributed by atoms with Gasteiger partial charge in [0.2, 0.25) is 0 Å². The third-order valence-corrected chi connectivity index (χ3v) is 3.49. The van der Waals surface area contributed by atoms with Crippen molar-refractivity contribution in [3.8, 4) is 11.3 Å². The Hall–Kier alpha value is -1.26. The molecule has 2 rings (SSSR count). The first-order valence-electron chi connectivity index (χ1n) is 6.14. The summed E-state index contributed by atoms with van der Waals surface area (Å²) in [6.45, 7) is 3.97. The van der Waals surface area contributed by atoms with Gasteiger partial charge in [0.25, 0.3) is 0 Å². The monoisotopic (exact) mass is 262 g/mol. The van der Waals surface area contributed by atoms with Crippen molar-refractivity contribution < 1.29 is 4.42 Å². The number of hydrogen-bond donors (Lipinski definition) is 1. The summed E-state index contributed by atoms with van der Waals surface area (Å²) in [6, 6.07) is 8.23. The molecular weight excluding hydrogens is 244 g/mol. The molecule has 0 radical (unpaired) electrons. The molecule has 0 saturated heterocycles. The summed E-state index contributed by atoms with van der Waals surface area (Å²) in [5.41, 5.74) is 1.12. The Morgan fingerprint density at radius 1 is 1.33 bits per heavy atom. The molecule has 1 aromatic carbocycles. The van der Waals surface area contributed by atoms with Gasteiger partial charge in [-0.3, -0.25) is 0 Å². The van der Waals surface area contributed by atoms with Crippen LogP contribution in [-0.4, -0.2) is 24.3 Å². The van der Waals surface area contributed by atoms with Crippen LogP contribution in [0.4, 0.5) is 0 Å². The number of nitrogens with zero attached hydrogens (tertiary/aromatic N) is 1. The van der Waals surface area contributed by atoms with Crippen LogP contribution in [0.2, 0.25) is 0 Å². The highest BCUT2D eigenvalue weighted by Gasteiger charge is 2.09. The quantitative estimate of drug-likeness (QED) is 0.641. The van der Waals surface area contributed by atoms with Crippen molar-refractivity contribution in [2.24, 2.45) is 0 Å². The second kappa shape index (κ2) is 6.61. The van der Waals surface area contributed by atoms with Crippen LogP contribution >= 0.6 is 11.8 Å². The highest BCUT2D eigenvalue weighted by Crippen LogP contribution is 2.30. The minimum Gasteiger partial charge on any atom is -0.441 e. The Morgan fingerprint density at radius 3 is 2.94 bits per heavy atom. The number of hydrogen-bond acceptors (Lipinski definition) is 4. The molecule has 96 valence electrons. The number of nitrogens with one attached hydrogen (secondary N) is 1. The third-order valence-electron chi connectivity index (χ3n) is 2.69. The molecule has 1 N–H and O–H groups in total.